The lowest BCUT2D eigenvalue weighted by molar-refractivity contribution is -0.156. The van der Waals surface area contributed by atoms with Crippen LogP contribution in [0.15, 0.2) is 29.9 Å². The first-order valence-electron chi connectivity index (χ1n) is 4.01. The minimum atomic E-state index is -2.00. The smallest absolute Gasteiger partial charge is 0.378 e. The lowest BCUT2D eigenvalue weighted by Gasteiger charge is -2.27. The molecule has 0 saturated heterocycles. The second kappa shape index (κ2) is 3.78. The Morgan fingerprint density at radius 3 is 2.53 bits per heavy atom. The van der Waals surface area contributed by atoms with Gasteiger partial charge in [-0.25, -0.2) is 4.79 Å². The zero-order chi connectivity index (χ0) is 11.6. The zero-order valence-corrected chi connectivity index (χ0v) is 7.67. The molecule has 15 heavy (non-hydrogen) atoms. The Bertz CT molecular complexity index is 365. The summed E-state index contributed by atoms with van der Waals surface area (Å²) in [5.74, 6) is -3.06. The van der Waals surface area contributed by atoms with E-state index in [1.165, 1.54) is 0 Å². The number of esters is 1. The highest BCUT2D eigenvalue weighted by Crippen LogP contribution is 2.34. The minimum absolute atomic E-state index is 0.775. The molecule has 0 aromatic heterocycles. The van der Waals surface area contributed by atoms with Gasteiger partial charge in [0.15, 0.2) is 5.76 Å². The normalized spacial score (nSPS) is 27.2. The van der Waals surface area contributed by atoms with Crippen LogP contribution < -0.4 is 0 Å². The van der Waals surface area contributed by atoms with E-state index in [9.17, 15) is 15.0 Å². The van der Waals surface area contributed by atoms with Gasteiger partial charge in [0.25, 0.3) is 0 Å². The van der Waals surface area contributed by atoms with Gasteiger partial charge in [-0.1, -0.05) is 6.58 Å². The molecule has 1 heterocycles. The first kappa shape index (κ1) is 11.3. The fourth-order valence-corrected chi connectivity index (χ4v) is 1.24. The van der Waals surface area contributed by atoms with Crippen LogP contribution in [-0.4, -0.2) is 44.7 Å². The molecule has 4 N–H and O–H groups in total. The molecule has 1 rings (SSSR count). The van der Waals surface area contributed by atoms with E-state index < -0.39 is 35.8 Å². The van der Waals surface area contributed by atoms with Crippen molar-refractivity contribution in [1.29, 1.82) is 0 Å². The summed E-state index contributed by atoms with van der Waals surface area (Å²) in [6, 6.07) is 0. The lowest BCUT2D eigenvalue weighted by Crippen LogP contribution is -2.45. The van der Waals surface area contributed by atoms with Gasteiger partial charge in [-0.05, 0) is 0 Å². The monoisotopic (exact) mass is 214 g/mol. The van der Waals surface area contributed by atoms with Crippen molar-refractivity contribution in [1.82, 2.24) is 0 Å². The van der Waals surface area contributed by atoms with Crippen LogP contribution in [0, 0.1) is 0 Å². The Hall–Kier alpha value is -1.75. The molecule has 6 heteroatoms. The fourth-order valence-electron chi connectivity index (χ4n) is 1.24. The van der Waals surface area contributed by atoms with Crippen LogP contribution in [0.5, 0.6) is 0 Å². The number of cyclic esters (lactones) is 1. The SMILES string of the molecule is C=C=C[C@]1([C@@H](O)CO)OC(=O)C(O)=C1O. The largest absolute Gasteiger partial charge is 0.505 e. The molecule has 0 aliphatic carbocycles. The molecule has 1 aliphatic heterocycles. The van der Waals surface area contributed by atoms with Crippen molar-refractivity contribution in [3.63, 3.8) is 0 Å². The van der Waals surface area contributed by atoms with Crippen molar-refractivity contribution in [3.8, 4) is 0 Å². The average molecular weight is 214 g/mol. The number of rotatable bonds is 3. The van der Waals surface area contributed by atoms with Crippen LogP contribution in [0.25, 0.3) is 0 Å². The second-order valence-corrected chi connectivity index (χ2v) is 2.93. The number of carbonyl (C=O) groups excluding carboxylic acids is 1. The predicted octanol–water partition coefficient (Wildman–Crippen LogP) is -0.696. The first-order chi connectivity index (χ1) is 6.99. The van der Waals surface area contributed by atoms with E-state index in [4.69, 9.17) is 10.2 Å². The van der Waals surface area contributed by atoms with Crippen molar-refractivity contribution in [2.45, 2.75) is 11.7 Å². The number of hydrogen-bond donors (Lipinski definition) is 4. The first-order valence-corrected chi connectivity index (χ1v) is 4.01. The van der Waals surface area contributed by atoms with Gasteiger partial charge < -0.3 is 25.2 Å². The van der Waals surface area contributed by atoms with Gasteiger partial charge in [0.2, 0.25) is 11.4 Å². The Morgan fingerprint density at radius 1 is 1.60 bits per heavy atom. The molecule has 1 aliphatic rings. The number of aliphatic hydroxyl groups is 4. The van der Waals surface area contributed by atoms with Crippen LogP contribution >= 0.6 is 0 Å². The van der Waals surface area contributed by atoms with Gasteiger partial charge in [0, 0.05) is 6.08 Å². The highest BCUT2D eigenvalue weighted by atomic mass is 16.6. The number of hydrogen-bond acceptors (Lipinski definition) is 6. The molecular weight excluding hydrogens is 204 g/mol. The summed E-state index contributed by atoms with van der Waals surface area (Å²) >= 11 is 0. The topological polar surface area (TPSA) is 107 Å². The van der Waals surface area contributed by atoms with Gasteiger partial charge in [0.1, 0.15) is 6.10 Å². The molecule has 0 saturated carbocycles. The summed E-state index contributed by atoms with van der Waals surface area (Å²) in [4.78, 5) is 10.9. The van der Waals surface area contributed by atoms with Crippen LogP contribution in [0.4, 0.5) is 0 Å². The summed E-state index contributed by atoms with van der Waals surface area (Å²) in [5.41, 5.74) is 0.206. The maximum atomic E-state index is 10.9. The Morgan fingerprint density at radius 2 is 2.20 bits per heavy atom. The van der Waals surface area contributed by atoms with E-state index in [2.05, 4.69) is 17.0 Å². The number of carbonyl (C=O) groups is 1. The fraction of sp³-hybridized carbons (Fsp3) is 0.333. The molecule has 0 amide bonds. The molecule has 2 atom stereocenters. The van der Waals surface area contributed by atoms with Gasteiger partial charge in [-0.2, -0.15) is 0 Å². The summed E-state index contributed by atoms with van der Waals surface area (Å²) < 4.78 is 4.59. The quantitative estimate of drug-likeness (QED) is 0.365. The van der Waals surface area contributed by atoms with Gasteiger partial charge >= 0.3 is 5.97 Å². The molecule has 0 aromatic rings. The Balaban J connectivity index is 3.27. The average Bonchev–Trinajstić information content (AvgIpc) is 2.44. The van der Waals surface area contributed by atoms with Crippen molar-refractivity contribution >= 4 is 5.97 Å². The van der Waals surface area contributed by atoms with E-state index in [0.29, 0.717) is 0 Å². The van der Waals surface area contributed by atoms with Crippen molar-refractivity contribution in [2.75, 3.05) is 6.61 Å². The van der Waals surface area contributed by atoms with Gasteiger partial charge in [-0.15, -0.1) is 5.73 Å². The van der Waals surface area contributed by atoms with E-state index >= 15 is 0 Å². The van der Waals surface area contributed by atoms with Crippen molar-refractivity contribution in [2.24, 2.45) is 0 Å². The summed E-state index contributed by atoms with van der Waals surface area (Å²) in [6.07, 6.45) is -0.662. The molecule has 0 aromatic carbocycles. The van der Waals surface area contributed by atoms with Crippen molar-refractivity contribution in [3.05, 3.63) is 29.9 Å². The van der Waals surface area contributed by atoms with Gasteiger partial charge in [0.05, 0.1) is 6.61 Å². The maximum Gasteiger partial charge on any atom is 0.378 e. The highest BCUT2D eigenvalue weighted by molar-refractivity contribution is 5.90. The number of ether oxygens (including phenoxy) is 1. The Kier molecular flexibility index (Phi) is 2.85. The standard InChI is InChI=1S/C9H10O6/c1-2-3-9(5(11)4-10)7(13)6(12)8(14)15-9/h3,5,10-13H,1,4H2/t5-,9+/m0/s1. The molecule has 6 nitrogen and oxygen atoms in total. The molecule has 0 unspecified atom stereocenters. The van der Waals surface area contributed by atoms with Crippen LogP contribution in [0.3, 0.4) is 0 Å². The third kappa shape index (κ3) is 1.50. The zero-order valence-electron chi connectivity index (χ0n) is 7.67. The van der Waals surface area contributed by atoms with E-state index in [0.717, 1.165) is 6.08 Å². The Labute approximate surface area is 85.0 Å². The van der Waals surface area contributed by atoms with Gasteiger partial charge in [-0.3, -0.25) is 0 Å². The second-order valence-electron chi connectivity index (χ2n) is 2.93. The van der Waals surface area contributed by atoms with E-state index in [-0.39, 0.29) is 0 Å². The molecule has 0 radical (unpaired) electrons. The van der Waals surface area contributed by atoms with Crippen LogP contribution in [0.2, 0.25) is 0 Å². The summed E-state index contributed by atoms with van der Waals surface area (Å²) in [6.45, 7) is 2.42. The molecule has 0 bridgehead atoms. The predicted molar refractivity (Wildman–Crippen MR) is 47.9 cm³/mol. The lowest BCUT2D eigenvalue weighted by atomic mass is 9.95. The maximum absolute atomic E-state index is 10.9. The van der Waals surface area contributed by atoms with Crippen LogP contribution in [0.1, 0.15) is 0 Å². The minimum Gasteiger partial charge on any atom is -0.505 e. The molecular formula is C9H10O6. The molecule has 82 valence electrons. The van der Waals surface area contributed by atoms with E-state index in [1.807, 2.05) is 0 Å². The van der Waals surface area contributed by atoms with E-state index in [1.54, 1.807) is 0 Å². The van der Waals surface area contributed by atoms with Crippen molar-refractivity contribution < 1.29 is 30.0 Å². The highest BCUT2D eigenvalue weighted by Gasteiger charge is 2.52. The molecule has 0 spiro atoms. The number of aliphatic hydroxyl groups excluding tert-OH is 4. The van der Waals surface area contributed by atoms with Crippen LogP contribution in [-0.2, 0) is 9.53 Å². The summed E-state index contributed by atoms with van der Waals surface area (Å²) in [5, 5.41) is 36.7. The third-order valence-electron chi connectivity index (χ3n) is 2.03. The third-order valence-corrected chi connectivity index (χ3v) is 2.03. The summed E-state index contributed by atoms with van der Waals surface area (Å²) in [7, 11) is 0. The molecule has 0 fully saturated rings.